The third-order valence-electron chi connectivity index (χ3n) is 3.96. The van der Waals surface area contributed by atoms with Crippen molar-refractivity contribution < 1.29 is 4.79 Å². The number of likely N-dealkylation sites (tertiary alicyclic amines) is 1. The van der Waals surface area contributed by atoms with Crippen LogP contribution in [0, 0.1) is 0 Å². The van der Waals surface area contributed by atoms with Gasteiger partial charge in [-0.3, -0.25) is 9.69 Å². The number of nitrogens with one attached hydrogen (secondary N) is 1. The Morgan fingerprint density at radius 3 is 2.53 bits per heavy atom. The zero-order valence-electron chi connectivity index (χ0n) is 9.88. The molecule has 0 aromatic rings. The van der Waals surface area contributed by atoms with Gasteiger partial charge in [0.15, 0.2) is 0 Å². The number of likely N-dealkylation sites (N-methyl/N-ethyl adjacent to an activating group) is 1. The Kier molecular flexibility index (Phi) is 3.01. The number of rotatable bonds is 2. The second-order valence-electron chi connectivity index (χ2n) is 5.40. The van der Waals surface area contributed by atoms with Gasteiger partial charge in [0.25, 0.3) is 0 Å². The minimum absolute atomic E-state index is 0.0838. The molecule has 0 radical (unpaired) electrons. The van der Waals surface area contributed by atoms with Gasteiger partial charge in [-0.2, -0.15) is 0 Å². The molecule has 1 aliphatic heterocycles. The number of amides is 1. The molecular weight excluding hydrogens is 188 g/mol. The van der Waals surface area contributed by atoms with E-state index in [0.717, 1.165) is 32.2 Å². The van der Waals surface area contributed by atoms with E-state index in [9.17, 15) is 4.79 Å². The van der Waals surface area contributed by atoms with Crippen LogP contribution in [0.4, 0.5) is 0 Å². The quantitative estimate of drug-likeness (QED) is 0.749. The van der Waals surface area contributed by atoms with Crippen molar-refractivity contribution in [2.45, 2.75) is 57.0 Å². The van der Waals surface area contributed by atoms with Gasteiger partial charge < -0.3 is 5.32 Å². The first kappa shape index (κ1) is 10.9. The maximum atomic E-state index is 12.1. The summed E-state index contributed by atoms with van der Waals surface area (Å²) in [6, 6.07) is 0.127. The van der Waals surface area contributed by atoms with E-state index in [-0.39, 0.29) is 17.5 Å². The molecule has 2 rings (SSSR count). The van der Waals surface area contributed by atoms with Crippen molar-refractivity contribution in [1.29, 1.82) is 0 Å². The minimum atomic E-state index is 0.0838. The maximum Gasteiger partial charge on any atom is 0.237 e. The fourth-order valence-electron chi connectivity index (χ4n) is 2.90. The van der Waals surface area contributed by atoms with Crippen molar-refractivity contribution in [1.82, 2.24) is 10.2 Å². The van der Waals surface area contributed by atoms with Crippen molar-refractivity contribution in [3.05, 3.63) is 0 Å². The fourth-order valence-corrected chi connectivity index (χ4v) is 2.90. The zero-order valence-corrected chi connectivity index (χ0v) is 9.88. The molecule has 3 heteroatoms. The van der Waals surface area contributed by atoms with Crippen LogP contribution >= 0.6 is 0 Å². The van der Waals surface area contributed by atoms with Crippen LogP contribution < -0.4 is 5.32 Å². The summed E-state index contributed by atoms with van der Waals surface area (Å²) in [7, 11) is 2.05. The minimum Gasteiger partial charge on any atom is -0.350 e. The Labute approximate surface area is 92.2 Å². The van der Waals surface area contributed by atoms with Crippen LogP contribution in [0.2, 0.25) is 0 Å². The number of carbonyl (C=O) groups is 1. The summed E-state index contributed by atoms with van der Waals surface area (Å²) < 4.78 is 0. The smallest absolute Gasteiger partial charge is 0.237 e. The van der Waals surface area contributed by atoms with E-state index in [0.29, 0.717) is 0 Å². The van der Waals surface area contributed by atoms with Gasteiger partial charge in [0.1, 0.15) is 0 Å². The predicted octanol–water partition coefficient (Wildman–Crippen LogP) is 1.53. The summed E-state index contributed by atoms with van der Waals surface area (Å²) in [5, 5.41) is 3.25. The molecule has 0 unspecified atom stereocenters. The van der Waals surface area contributed by atoms with E-state index in [4.69, 9.17) is 0 Å². The highest BCUT2D eigenvalue weighted by Gasteiger charge is 2.35. The molecule has 1 atom stereocenters. The van der Waals surface area contributed by atoms with E-state index in [1.54, 1.807) is 0 Å². The van der Waals surface area contributed by atoms with Crippen LogP contribution in [-0.4, -0.2) is 36.0 Å². The highest BCUT2D eigenvalue weighted by Crippen LogP contribution is 2.29. The van der Waals surface area contributed by atoms with E-state index in [1.807, 2.05) is 7.05 Å². The van der Waals surface area contributed by atoms with Crippen molar-refractivity contribution in [2.24, 2.45) is 0 Å². The predicted molar refractivity (Wildman–Crippen MR) is 60.7 cm³/mol. The first-order valence-electron chi connectivity index (χ1n) is 6.13. The molecule has 2 fully saturated rings. The molecule has 1 saturated heterocycles. The second-order valence-corrected chi connectivity index (χ2v) is 5.40. The van der Waals surface area contributed by atoms with E-state index in [2.05, 4.69) is 17.1 Å². The van der Waals surface area contributed by atoms with Gasteiger partial charge in [0.05, 0.1) is 6.04 Å². The summed E-state index contributed by atoms with van der Waals surface area (Å²) in [6.45, 7) is 3.25. The molecule has 0 aromatic heterocycles. The van der Waals surface area contributed by atoms with E-state index in [1.165, 1.54) is 12.8 Å². The summed E-state index contributed by atoms with van der Waals surface area (Å²) in [5.74, 6) is 0.249. The summed E-state index contributed by atoms with van der Waals surface area (Å²) in [4.78, 5) is 14.2. The highest BCUT2D eigenvalue weighted by atomic mass is 16.2. The number of carbonyl (C=O) groups excluding carboxylic acids is 1. The van der Waals surface area contributed by atoms with Gasteiger partial charge in [-0.15, -0.1) is 0 Å². The lowest BCUT2D eigenvalue weighted by Crippen LogP contribution is -2.50. The molecule has 15 heavy (non-hydrogen) atoms. The molecule has 1 heterocycles. The zero-order chi connectivity index (χ0) is 10.9. The lowest BCUT2D eigenvalue weighted by Gasteiger charge is -2.29. The van der Waals surface area contributed by atoms with Gasteiger partial charge in [0, 0.05) is 5.54 Å². The summed E-state index contributed by atoms with van der Waals surface area (Å²) in [6.07, 6.45) is 7.00. The molecular formula is C12H22N2O. The molecule has 0 aromatic carbocycles. The molecule has 3 nitrogen and oxygen atoms in total. The third-order valence-corrected chi connectivity index (χ3v) is 3.96. The first-order chi connectivity index (χ1) is 7.11. The monoisotopic (exact) mass is 210 g/mol. The Hall–Kier alpha value is -0.570. The largest absolute Gasteiger partial charge is 0.350 e. The SMILES string of the molecule is CN1CCC[C@H]1C(=O)NC1(C)CCCC1. The molecule has 0 spiro atoms. The van der Waals surface area contributed by atoms with Crippen molar-refractivity contribution in [3.63, 3.8) is 0 Å². The molecule has 1 saturated carbocycles. The van der Waals surface area contributed by atoms with Gasteiger partial charge in [-0.1, -0.05) is 12.8 Å². The summed E-state index contributed by atoms with van der Waals surface area (Å²) >= 11 is 0. The first-order valence-corrected chi connectivity index (χ1v) is 6.13. The number of nitrogens with zero attached hydrogens (tertiary/aromatic N) is 1. The van der Waals surface area contributed by atoms with Gasteiger partial charge >= 0.3 is 0 Å². The van der Waals surface area contributed by atoms with Crippen molar-refractivity contribution in [3.8, 4) is 0 Å². The van der Waals surface area contributed by atoms with Crippen LogP contribution in [0.15, 0.2) is 0 Å². The lowest BCUT2D eigenvalue weighted by molar-refractivity contribution is -0.126. The molecule has 86 valence electrons. The topological polar surface area (TPSA) is 32.3 Å². The van der Waals surface area contributed by atoms with E-state index >= 15 is 0 Å². The molecule has 2 aliphatic rings. The number of hydrogen-bond donors (Lipinski definition) is 1. The van der Waals surface area contributed by atoms with E-state index < -0.39 is 0 Å². The molecule has 1 amide bonds. The molecule has 1 aliphatic carbocycles. The standard InChI is InChI=1S/C12H22N2O/c1-12(7-3-4-8-12)13-11(15)10-6-5-9-14(10)2/h10H,3-9H2,1-2H3,(H,13,15)/t10-/m0/s1. The molecule has 1 N–H and O–H groups in total. The molecule has 0 bridgehead atoms. The third kappa shape index (κ3) is 2.33. The number of hydrogen-bond acceptors (Lipinski definition) is 2. The Morgan fingerprint density at radius 2 is 2.00 bits per heavy atom. The van der Waals surface area contributed by atoms with Crippen LogP contribution in [0.5, 0.6) is 0 Å². The lowest BCUT2D eigenvalue weighted by atomic mass is 10.00. The highest BCUT2D eigenvalue weighted by molar-refractivity contribution is 5.82. The van der Waals surface area contributed by atoms with Crippen LogP contribution in [-0.2, 0) is 4.79 Å². The normalized spacial score (nSPS) is 30.7. The second kappa shape index (κ2) is 4.12. The maximum absolute atomic E-state index is 12.1. The van der Waals surface area contributed by atoms with Gasteiger partial charge in [-0.05, 0) is 46.2 Å². The van der Waals surface area contributed by atoms with Crippen molar-refractivity contribution >= 4 is 5.91 Å². The van der Waals surface area contributed by atoms with Crippen LogP contribution in [0.1, 0.15) is 45.4 Å². The Bertz CT molecular complexity index is 246. The van der Waals surface area contributed by atoms with Crippen molar-refractivity contribution in [2.75, 3.05) is 13.6 Å². The van der Waals surface area contributed by atoms with Gasteiger partial charge in [0.2, 0.25) is 5.91 Å². The van der Waals surface area contributed by atoms with Gasteiger partial charge in [-0.25, -0.2) is 0 Å². The van der Waals surface area contributed by atoms with Crippen LogP contribution in [0.25, 0.3) is 0 Å². The average Bonchev–Trinajstić information content (AvgIpc) is 2.74. The fraction of sp³-hybridized carbons (Fsp3) is 0.917. The van der Waals surface area contributed by atoms with Crippen LogP contribution in [0.3, 0.4) is 0 Å². The average molecular weight is 210 g/mol. The Morgan fingerprint density at radius 1 is 1.33 bits per heavy atom. The Balaban J connectivity index is 1.91. The summed E-state index contributed by atoms with van der Waals surface area (Å²) in [5.41, 5.74) is 0.0838.